The van der Waals surface area contributed by atoms with Crippen LogP contribution in [0.15, 0.2) is 59.8 Å². The molecule has 2 N–H and O–H groups in total. The van der Waals surface area contributed by atoms with Gasteiger partial charge in [-0.15, -0.1) is 10.6 Å². The molecule has 0 aliphatic carbocycles. The Morgan fingerprint density at radius 2 is 1.89 bits per heavy atom. The minimum Gasteiger partial charge on any atom is -0.497 e. The van der Waals surface area contributed by atoms with Crippen LogP contribution in [0.2, 0.25) is 0 Å². The van der Waals surface area contributed by atoms with Crippen molar-refractivity contribution in [3.63, 3.8) is 0 Å². The molecule has 2 aromatic carbocycles. The lowest BCUT2D eigenvalue weighted by atomic mass is 10.1. The number of hydrazine groups is 2. The number of hydrazone groups is 1. The molecule has 144 valence electrons. The van der Waals surface area contributed by atoms with Crippen molar-refractivity contribution in [3.05, 3.63) is 75.1 Å². The molecule has 1 aromatic heterocycles. The number of aromatic nitrogens is 2. The highest BCUT2D eigenvalue weighted by molar-refractivity contribution is 14.1. The first-order chi connectivity index (χ1) is 13.7. The Balaban J connectivity index is 1.60. The van der Waals surface area contributed by atoms with Gasteiger partial charge >= 0.3 is 0 Å². The van der Waals surface area contributed by atoms with Gasteiger partial charge in [0, 0.05) is 0 Å². The van der Waals surface area contributed by atoms with E-state index in [0.717, 1.165) is 38.5 Å². The molecule has 7 nitrogen and oxygen atoms in total. The monoisotopic (exact) mass is 488 g/mol. The number of ether oxygens (including phenoxy) is 1. The number of hydrogen-bond acceptors (Lipinski definition) is 6. The van der Waals surface area contributed by atoms with Crippen LogP contribution in [0.5, 0.6) is 5.75 Å². The normalized spacial score (nSPS) is 13.4. The highest BCUT2D eigenvalue weighted by atomic mass is 127. The lowest BCUT2D eigenvalue weighted by molar-refractivity contribution is 0.288. The van der Waals surface area contributed by atoms with Gasteiger partial charge in [-0.2, -0.15) is 5.10 Å². The van der Waals surface area contributed by atoms with Crippen molar-refractivity contribution >= 4 is 28.4 Å². The van der Waals surface area contributed by atoms with Gasteiger partial charge in [0.1, 0.15) is 9.45 Å². The molecule has 8 heteroatoms. The zero-order valence-electron chi connectivity index (χ0n) is 15.7. The van der Waals surface area contributed by atoms with Crippen LogP contribution in [0, 0.1) is 3.70 Å². The van der Waals surface area contributed by atoms with E-state index in [4.69, 9.17) is 4.74 Å². The number of nitrogens with zero attached hydrogens (tertiary/aromatic N) is 4. The Kier molecular flexibility index (Phi) is 5.49. The number of nitrogens with one attached hydrogen (secondary N) is 2. The number of halogens is 1. The second-order valence-corrected chi connectivity index (χ2v) is 7.36. The van der Waals surface area contributed by atoms with Gasteiger partial charge in [-0.05, 0) is 58.3 Å². The zero-order chi connectivity index (χ0) is 19.5. The van der Waals surface area contributed by atoms with E-state index in [9.17, 15) is 0 Å². The molecule has 0 unspecified atom stereocenters. The van der Waals surface area contributed by atoms with Gasteiger partial charge in [0.25, 0.3) is 0 Å². The first kappa shape index (κ1) is 18.8. The van der Waals surface area contributed by atoms with E-state index in [-0.39, 0.29) is 0 Å². The van der Waals surface area contributed by atoms with Crippen LogP contribution in [-0.4, -0.2) is 27.7 Å². The van der Waals surface area contributed by atoms with Crippen LogP contribution >= 0.6 is 22.6 Å². The van der Waals surface area contributed by atoms with Crippen molar-refractivity contribution in [2.45, 2.75) is 19.9 Å². The summed E-state index contributed by atoms with van der Waals surface area (Å²) in [4.78, 5) is 0. The molecule has 2 heterocycles. The fraction of sp³-hybridized carbons (Fsp3) is 0.200. The molecular weight excluding hydrogens is 467 g/mol. The summed E-state index contributed by atoms with van der Waals surface area (Å²) in [5, 5.41) is 11.0. The van der Waals surface area contributed by atoms with Crippen LogP contribution in [0.25, 0.3) is 5.69 Å². The Hall–Kier alpha value is -2.59. The summed E-state index contributed by atoms with van der Waals surface area (Å²) < 4.78 is 8.22. The number of hydrogen-bond donors (Lipinski definition) is 2. The number of benzene rings is 2. The molecule has 1 aliphatic rings. The molecule has 1 aliphatic heterocycles. The highest BCUT2D eigenvalue weighted by Gasteiger charge is 2.24. The van der Waals surface area contributed by atoms with E-state index in [1.165, 1.54) is 5.56 Å². The fourth-order valence-electron chi connectivity index (χ4n) is 3.15. The van der Waals surface area contributed by atoms with Crippen LogP contribution in [0.1, 0.15) is 23.6 Å². The van der Waals surface area contributed by atoms with Gasteiger partial charge < -0.3 is 4.74 Å². The SMILES string of the molecule is CCc1ccccc1-n1ncc(C2=NNNN2Cc2ccc(OC)cc2)c1I. The molecule has 0 radical (unpaired) electrons. The maximum Gasteiger partial charge on any atom is 0.177 e. The van der Waals surface area contributed by atoms with Crippen molar-refractivity contribution in [2.24, 2.45) is 5.10 Å². The third kappa shape index (κ3) is 3.57. The minimum absolute atomic E-state index is 0.655. The second kappa shape index (κ2) is 8.19. The number of rotatable bonds is 6. The predicted molar refractivity (Wildman–Crippen MR) is 117 cm³/mol. The average molecular weight is 488 g/mol. The largest absolute Gasteiger partial charge is 0.497 e. The molecule has 0 saturated carbocycles. The van der Waals surface area contributed by atoms with Crippen LogP contribution in [0.3, 0.4) is 0 Å². The minimum atomic E-state index is 0.655. The van der Waals surface area contributed by atoms with E-state index < -0.39 is 0 Å². The highest BCUT2D eigenvalue weighted by Crippen LogP contribution is 2.23. The smallest absolute Gasteiger partial charge is 0.177 e. The van der Waals surface area contributed by atoms with E-state index in [2.05, 4.69) is 69.0 Å². The maximum absolute atomic E-state index is 5.23. The molecule has 0 amide bonds. The van der Waals surface area contributed by atoms with E-state index >= 15 is 0 Å². The van der Waals surface area contributed by atoms with Crippen LogP contribution in [0.4, 0.5) is 0 Å². The van der Waals surface area contributed by atoms with E-state index in [0.29, 0.717) is 6.54 Å². The Morgan fingerprint density at radius 1 is 1.11 bits per heavy atom. The van der Waals surface area contributed by atoms with Crippen molar-refractivity contribution in [2.75, 3.05) is 7.11 Å². The second-order valence-electron chi connectivity index (χ2n) is 6.34. The van der Waals surface area contributed by atoms with Gasteiger partial charge in [-0.3, -0.25) is 5.01 Å². The molecular formula is C20H21IN6O. The molecule has 3 aromatic rings. The van der Waals surface area contributed by atoms with Crippen molar-refractivity contribution < 1.29 is 4.74 Å². The zero-order valence-corrected chi connectivity index (χ0v) is 17.8. The fourth-order valence-corrected chi connectivity index (χ4v) is 3.92. The number of para-hydroxylation sites is 1. The van der Waals surface area contributed by atoms with Crippen molar-refractivity contribution in [1.82, 2.24) is 25.9 Å². The molecule has 0 spiro atoms. The molecule has 0 atom stereocenters. The maximum atomic E-state index is 5.23. The molecule has 0 fully saturated rings. The summed E-state index contributed by atoms with van der Waals surface area (Å²) >= 11 is 2.33. The van der Waals surface area contributed by atoms with Gasteiger partial charge in [-0.1, -0.05) is 37.3 Å². The topological polar surface area (TPSA) is 66.7 Å². The Bertz CT molecular complexity index is 998. The van der Waals surface area contributed by atoms with Gasteiger partial charge in [0.15, 0.2) is 5.84 Å². The third-order valence-electron chi connectivity index (χ3n) is 4.65. The quantitative estimate of drug-likeness (QED) is 0.522. The molecule has 4 rings (SSSR count). The first-order valence-corrected chi connectivity index (χ1v) is 10.1. The van der Waals surface area contributed by atoms with Gasteiger partial charge in [0.05, 0.1) is 31.1 Å². The van der Waals surface area contributed by atoms with E-state index in [1.807, 2.05) is 46.2 Å². The van der Waals surface area contributed by atoms with E-state index in [1.54, 1.807) is 7.11 Å². The molecule has 28 heavy (non-hydrogen) atoms. The average Bonchev–Trinajstić information content (AvgIpc) is 3.34. The number of methoxy groups -OCH3 is 1. The lowest BCUT2D eigenvalue weighted by Gasteiger charge is -2.19. The third-order valence-corrected chi connectivity index (χ3v) is 5.69. The number of amidine groups is 1. The van der Waals surface area contributed by atoms with Crippen LogP contribution in [-0.2, 0) is 13.0 Å². The summed E-state index contributed by atoms with van der Waals surface area (Å²) in [5.74, 6) is 1.65. The summed E-state index contributed by atoms with van der Waals surface area (Å²) in [6.45, 7) is 2.81. The Morgan fingerprint density at radius 3 is 2.64 bits per heavy atom. The van der Waals surface area contributed by atoms with Gasteiger partial charge in [-0.25, -0.2) is 10.2 Å². The first-order valence-electron chi connectivity index (χ1n) is 9.02. The summed E-state index contributed by atoms with van der Waals surface area (Å²) in [7, 11) is 1.67. The van der Waals surface area contributed by atoms with Crippen molar-refractivity contribution in [3.8, 4) is 11.4 Å². The Labute approximate surface area is 177 Å². The number of aryl methyl sites for hydroxylation is 1. The lowest BCUT2D eigenvalue weighted by Crippen LogP contribution is -2.40. The van der Waals surface area contributed by atoms with Gasteiger partial charge in [0.2, 0.25) is 0 Å². The standard InChI is InChI=1S/C20H21IN6O/c1-3-15-6-4-5-7-18(15)27-19(21)17(12-22-27)20-23-24-25-26(20)13-14-8-10-16(28-2)11-9-14/h4-12,24-25H,3,13H2,1-2H3. The predicted octanol–water partition coefficient (Wildman–Crippen LogP) is 3.23. The summed E-state index contributed by atoms with van der Waals surface area (Å²) in [6.07, 6.45) is 2.82. The summed E-state index contributed by atoms with van der Waals surface area (Å²) in [6, 6.07) is 16.3. The van der Waals surface area contributed by atoms with Crippen LogP contribution < -0.4 is 15.8 Å². The molecule has 0 saturated heterocycles. The summed E-state index contributed by atoms with van der Waals surface area (Å²) in [5.41, 5.74) is 10.4. The molecule has 0 bridgehead atoms. The van der Waals surface area contributed by atoms with Crippen molar-refractivity contribution in [1.29, 1.82) is 0 Å².